The van der Waals surface area contributed by atoms with Crippen molar-refractivity contribution in [3.63, 3.8) is 0 Å². The Morgan fingerprint density at radius 2 is 2.11 bits per heavy atom. The van der Waals surface area contributed by atoms with E-state index in [1.54, 1.807) is 0 Å². The van der Waals surface area contributed by atoms with Crippen molar-refractivity contribution in [3.05, 3.63) is 35.9 Å². The number of hydrogen-bond acceptors (Lipinski definition) is 5. The molecule has 1 aromatic rings. The van der Waals surface area contributed by atoms with Crippen molar-refractivity contribution in [2.24, 2.45) is 0 Å². The summed E-state index contributed by atoms with van der Waals surface area (Å²) in [5.74, 6) is -0.328. The van der Waals surface area contributed by atoms with Crippen LogP contribution in [-0.4, -0.2) is 35.7 Å². The Morgan fingerprint density at radius 1 is 1.33 bits per heavy atom. The lowest BCUT2D eigenvalue weighted by Gasteiger charge is -2.17. The second-order valence-corrected chi connectivity index (χ2v) is 4.49. The number of esters is 1. The lowest BCUT2D eigenvalue weighted by Crippen LogP contribution is -2.33. The van der Waals surface area contributed by atoms with E-state index in [0.717, 1.165) is 5.56 Å². The van der Waals surface area contributed by atoms with Crippen molar-refractivity contribution in [3.8, 4) is 0 Å². The molecule has 0 aliphatic carbocycles. The molecule has 3 rings (SSSR count). The average Bonchev–Trinajstić information content (AvgIpc) is 2.87. The Hall–Kier alpha value is -1.43. The third-order valence-electron chi connectivity index (χ3n) is 3.18. The van der Waals surface area contributed by atoms with Gasteiger partial charge in [-0.1, -0.05) is 30.3 Å². The molecule has 18 heavy (non-hydrogen) atoms. The molecule has 2 fully saturated rings. The summed E-state index contributed by atoms with van der Waals surface area (Å²) < 4.78 is 16.0. The van der Waals surface area contributed by atoms with Crippen LogP contribution in [0.3, 0.4) is 0 Å². The molecule has 2 heterocycles. The maximum atomic E-state index is 11.0. The Bertz CT molecular complexity index is 432. The van der Waals surface area contributed by atoms with Gasteiger partial charge in [0.2, 0.25) is 0 Å². The molecule has 0 saturated carbocycles. The van der Waals surface area contributed by atoms with E-state index in [1.807, 2.05) is 30.3 Å². The SMILES string of the molecule is O=C1C[C@H]2O[C@H](OCc3ccccc3)[C@@H](O)[C@H]2O1. The van der Waals surface area contributed by atoms with E-state index in [4.69, 9.17) is 14.2 Å². The molecular weight excluding hydrogens is 236 g/mol. The molecule has 0 radical (unpaired) electrons. The van der Waals surface area contributed by atoms with Crippen LogP contribution >= 0.6 is 0 Å². The van der Waals surface area contributed by atoms with E-state index < -0.39 is 18.5 Å². The Morgan fingerprint density at radius 3 is 2.83 bits per heavy atom. The normalized spacial score (nSPS) is 34.4. The van der Waals surface area contributed by atoms with Crippen molar-refractivity contribution < 1.29 is 24.1 Å². The summed E-state index contributed by atoms with van der Waals surface area (Å²) in [6.45, 7) is 0.357. The molecule has 4 atom stereocenters. The third-order valence-corrected chi connectivity index (χ3v) is 3.18. The molecule has 1 N–H and O–H groups in total. The van der Waals surface area contributed by atoms with Crippen LogP contribution in [0.4, 0.5) is 0 Å². The van der Waals surface area contributed by atoms with Gasteiger partial charge in [-0.25, -0.2) is 0 Å². The van der Waals surface area contributed by atoms with Crippen LogP contribution in [0.1, 0.15) is 12.0 Å². The lowest BCUT2D eigenvalue weighted by molar-refractivity contribution is -0.179. The van der Waals surface area contributed by atoms with Crippen molar-refractivity contribution in [2.45, 2.75) is 37.6 Å². The van der Waals surface area contributed by atoms with Crippen molar-refractivity contribution in [1.82, 2.24) is 0 Å². The molecule has 0 bridgehead atoms. The Labute approximate surface area is 104 Å². The Balaban J connectivity index is 1.58. The van der Waals surface area contributed by atoms with Crippen LogP contribution in [0.25, 0.3) is 0 Å². The standard InChI is InChI=1S/C13H14O5/c14-10-6-9-12(18-10)11(15)13(17-9)16-7-8-4-2-1-3-5-8/h1-5,9,11-13,15H,6-7H2/t9-,11+,12+,13+/m1/s1. The quantitative estimate of drug-likeness (QED) is 0.796. The first-order chi connectivity index (χ1) is 8.74. The van der Waals surface area contributed by atoms with Crippen LogP contribution in [0, 0.1) is 0 Å². The predicted octanol–water partition coefficient (Wildman–Crippen LogP) is 0.604. The van der Waals surface area contributed by atoms with Crippen LogP contribution in [0.15, 0.2) is 30.3 Å². The molecule has 0 spiro atoms. The number of carbonyl (C=O) groups excluding carboxylic acids is 1. The minimum atomic E-state index is -0.912. The van der Waals surface area contributed by atoms with Gasteiger partial charge in [0.05, 0.1) is 13.0 Å². The number of aliphatic hydroxyl groups is 1. The highest BCUT2D eigenvalue weighted by atomic mass is 16.7. The second-order valence-electron chi connectivity index (χ2n) is 4.49. The van der Waals surface area contributed by atoms with Crippen LogP contribution < -0.4 is 0 Å². The molecule has 1 aromatic carbocycles. The number of ether oxygens (including phenoxy) is 3. The zero-order valence-electron chi connectivity index (χ0n) is 9.69. The van der Waals surface area contributed by atoms with Crippen molar-refractivity contribution in [1.29, 1.82) is 0 Å². The molecule has 2 aliphatic rings. The van der Waals surface area contributed by atoms with Gasteiger partial charge in [-0.2, -0.15) is 0 Å². The van der Waals surface area contributed by atoms with Crippen LogP contribution in [0.2, 0.25) is 0 Å². The molecule has 5 heteroatoms. The number of fused-ring (bicyclic) bond motifs is 1. The minimum Gasteiger partial charge on any atom is -0.456 e. The van der Waals surface area contributed by atoms with Gasteiger partial charge in [-0.15, -0.1) is 0 Å². The van der Waals surface area contributed by atoms with Gasteiger partial charge in [0, 0.05) is 0 Å². The van der Waals surface area contributed by atoms with E-state index in [2.05, 4.69) is 0 Å². The molecule has 0 unspecified atom stereocenters. The zero-order chi connectivity index (χ0) is 12.5. The summed E-state index contributed by atoms with van der Waals surface area (Å²) in [6.07, 6.45) is -2.42. The first-order valence-electron chi connectivity index (χ1n) is 5.92. The molecule has 5 nitrogen and oxygen atoms in total. The highest BCUT2D eigenvalue weighted by Gasteiger charge is 2.51. The summed E-state index contributed by atoms with van der Waals surface area (Å²) >= 11 is 0. The van der Waals surface area contributed by atoms with E-state index >= 15 is 0 Å². The van der Waals surface area contributed by atoms with Gasteiger partial charge in [0.1, 0.15) is 12.2 Å². The molecule has 0 aromatic heterocycles. The molecular formula is C13H14O5. The lowest BCUT2D eigenvalue weighted by atomic mass is 10.1. The van der Waals surface area contributed by atoms with Crippen LogP contribution in [0.5, 0.6) is 0 Å². The average molecular weight is 250 g/mol. The highest BCUT2D eigenvalue weighted by Crippen LogP contribution is 2.32. The van der Waals surface area contributed by atoms with Gasteiger partial charge in [0.25, 0.3) is 0 Å². The summed E-state index contributed by atoms with van der Waals surface area (Å²) in [7, 11) is 0. The van der Waals surface area contributed by atoms with E-state index in [1.165, 1.54) is 0 Å². The number of rotatable bonds is 3. The number of hydrogen-bond donors (Lipinski definition) is 1. The Kier molecular flexibility index (Phi) is 3.03. The number of carbonyl (C=O) groups is 1. The topological polar surface area (TPSA) is 65.0 Å². The van der Waals surface area contributed by atoms with Crippen LogP contribution in [-0.2, 0) is 25.6 Å². The minimum absolute atomic E-state index is 0.187. The van der Waals surface area contributed by atoms with E-state index in [-0.39, 0.29) is 18.5 Å². The fourth-order valence-electron chi connectivity index (χ4n) is 2.27. The van der Waals surface area contributed by atoms with Gasteiger partial charge < -0.3 is 19.3 Å². The van der Waals surface area contributed by atoms with Gasteiger partial charge in [0.15, 0.2) is 12.4 Å². The predicted molar refractivity (Wildman–Crippen MR) is 60.4 cm³/mol. The zero-order valence-corrected chi connectivity index (χ0v) is 9.69. The summed E-state index contributed by atoms with van der Waals surface area (Å²) in [5, 5.41) is 9.93. The van der Waals surface area contributed by atoms with E-state index in [9.17, 15) is 9.90 Å². The van der Waals surface area contributed by atoms with Gasteiger partial charge in [-0.05, 0) is 5.56 Å². The summed E-state index contributed by atoms with van der Waals surface area (Å²) in [5.41, 5.74) is 1.00. The summed E-state index contributed by atoms with van der Waals surface area (Å²) in [4.78, 5) is 11.0. The molecule has 2 aliphatic heterocycles. The smallest absolute Gasteiger partial charge is 0.309 e. The maximum Gasteiger partial charge on any atom is 0.309 e. The molecule has 96 valence electrons. The van der Waals surface area contributed by atoms with Gasteiger partial charge >= 0.3 is 5.97 Å². The fourth-order valence-corrected chi connectivity index (χ4v) is 2.27. The monoisotopic (exact) mass is 250 g/mol. The molecule has 0 amide bonds. The maximum absolute atomic E-state index is 11.0. The largest absolute Gasteiger partial charge is 0.456 e. The summed E-state index contributed by atoms with van der Waals surface area (Å²) in [6, 6.07) is 9.63. The first kappa shape index (κ1) is 11.6. The number of aliphatic hydroxyl groups excluding tert-OH is 1. The van der Waals surface area contributed by atoms with Crippen molar-refractivity contribution >= 4 is 5.97 Å². The molecule has 2 saturated heterocycles. The number of benzene rings is 1. The van der Waals surface area contributed by atoms with Crippen molar-refractivity contribution in [2.75, 3.05) is 0 Å². The van der Waals surface area contributed by atoms with E-state index in [0.29, 0.717) is 6.61 Å². The first-order valence-corrected chi connectivity index (χ1v) is 5.92. The van der Waals surface area contributed by atoms with Gasteiger partial charge in [-0.3, -0.25) is 4.79 Å². The third kappa shape index (κ3) is 2.12. The fraction of sp³-hybridized carbons (Fsp3) is 0.462. The second kappa shape index (κ2) is 4.68. The highest BCUT2D eigenvalue weighted by molar-refractivity contribution is 5.72.